The number of imidazole rings is 1. The second-order valence-corrected chi connectivity index (χ2v) is 7.30. The van der Waals surface area contributed by atoms with Gasteiger partial charge in [0.05, 0.1) is 19.2 Å². The van der Waals surface area contributed by atoms with Gasteiger partial charge in [-0.15, -0.1) is 0 Å². The number of fused-ring (bicyclic) bond motifs is 2. The Morgan fingerprint density at radius 3 is 2.81 bits per heavy atom. The maximum Gasteiger partial charge on any atom is 0.325 e. The molecule has 1 fully saturated rings. The van der Waals surface area contributed by atoms with Crippen LogP contribution in [0.5, 0.6) is 11.6 Å². The van der Waals surface area contributed by atoms with Crippen LogP contribution in [0.15, 0.2) is 41.5 Å². The van der Waals surface area contributed by atoms with Gasteiger partial charge >= 0.3 is 11.7 Å². The van der Waals surface area contributed by atoms with Gasteiger partial charge in [0.1, 0.15) is 5.75 Å². The van der Waals surface area contributed by atoms with Crippen molar-refractivity contribution in [2.75, 3.05) is 7.11 Å². The summed E-state index contributed by atoms with van der Waals surface area (Å²) in [5.41, 5.74) is -0.773. The van der Waals surface area contributed by atoms with Gasteiger partial charge < -0.3 is 24.7 Å². The van der Waals surface area contributed by atoms with Crippen molar-refractivity contribution >= 4 is 33.9 Å². The number of amides is 3. The van der Waals surface area contributed by atoms with E-state index in [0.29, 0.717) is 27.9 Å². The number of nitrogens with one attached hydrogen (secondary N) is 4. The zero-order chi connectivity index (χ0) is 22.5. The molecule has 0 unspecified atom stereocenters. The van der Waals surface area contributed by atoms with Crippen molar-refractivity contribution in [3.63, 3.8) is 0 Å². The second-order valence-electron chi connectivity index (χ2n) is 7.30. The Labute approximate surface area is 179 Å². The molecule has 160 valence electrons. The summed E-state index contributed by atoms with van der Waals surface area (Å²) < 4.78 is 6.64. The Morgan fingerprint density at radius 2 is 2.06 bits per heavy atom. The topological polar surface area (TPSA) is 154 Å². The van der Waals surface area contributed by atoms with Crippen molar-refractivity contribution < 1.29 is 19.4 Å². The van der Waals surface area contributed by atoms with Gasteiger partial charge in [0, 0.05) is 28.7 Å². The van der Waals surface area contributed by atoms with E-state index in [4.69, 9.17) is 4.74 Å². The summed E-state index contributed by atoms with van der Waals surface area (Å²) in [6, 6.07) is 6.11. The molecule has 1 atom stereocenters. The minimum atomic E-state index is -1.63. The van der Waals surface area contributed by atoms with E-state index in [9.17, 15) is 19.5 Å². The number of H-pyrrole nitrogens is 2. The highest BCUT2D eigenvalue weighted by atomic mass is 16.5. The van der Waals surface area contributed by atoms with Crippen LogP contribution in [0, 0.1) is 11.8 Å². The van der Waals surface area contributed by atoms with E-state index >= 15 is 0 Å². The number of hydrogen-bond donors (Lipinski definition) is 5. The van der Waals surface area contributed by atoms with Crippen LogP contribution in [0.4, 0.5) is 4.79 Å². The predicted octanol–water partition coefficient (Wildman–Crippen LogP) is 0.550. The Kier molecular flexibility index (Phi) is 4.16. The third-order valence-electron chi connectivity index (χ3n) is 5.21. The van der Waals surface area contributed by atoms with Crippen LogP contribution in [0.2, 0.25) is 0 Å². The summed E-state index contributed by atoms with van der Waals surface area (Å²) in [7, 11) is 1.52. The third kappa shape index (κ3) is 3.10. The molecule has 1 aromatic carbocycles. The zero-order valence-electron chi connectivity index (χ0n) is 16.6. The van der Waals surface area contributed by atoms with Crippen molar-refractivity contribution in [3.8, 4) is 23.5 Å². The number of methoxy groups -OCH3 is 1. The summed E-state index contributed by atoms with van der Waals surface area (Å²) in [5, 5.41) is 16.7. The number of carbonyl (C=O) groups excluding carboxylic acids is 2. The molecule has 0 bridgehead atoms. The predicted molar refractivity (Wildman–Crippen MR) is 113 cm³/mol. The number of aromatic nitrogens is 4. The lowest BCUT2D eigenvalue weighted by molar-refractivity contribution is -0.122. The van der Waals surface area contributed by atoms with Crippen LogP contribution in [-0.4, -0.2) is 49.2 Å². The first-order chi connectivity index (χ1) is 15.4. The van der Waals surface area contributed by atoms with Crippen molar-refractivity contribution in [3.05, 3.63) is 52.7 Å². The minimum Gasteiger partial charge on any atom is -0.497 e. The average Bonchev–Trinajstić information content (AvgIpc) is 3.38. The number of carbonyl (C=O) groups is 2. The smallest absolute Gasteiger partial charge is 0.325 e. The van der Waals surface area contributed by atoms with E-state index in [2.05, 4.69) is 37.4 Å². The quantitative estimate of drug-likeness (QED) is 0.235. The highest BCUT2D eigenvalue weighted by Crippen LogP contribution is 2.32. The Balaban J connectivity index is 1.56. The van der Waals surface area contributed by atoms with E-state index in [-0.39, 0.29) is 12.4 Å². The number of nitrogens with zero attached hydrogens (tertiary/aromatic N) is 2. The van der Waals surface area contributed by atoms with Crippen molar-refractivity contribution in [2.24, 2.45) is 0 Å². The molecule has 0 spiro atoms. The minimum absolute atomic E-state index is 0.0954. The fraction of sp³-hybridized carbons (Fsp3) is 0.143. The van der Waals surface area contributed by atoms with E-state index < -0.39 is 23.2 Å². The lowest BCUT2D eigenvalue weighted by Gasteiger charge is -2.20. The van der Waals surface area contributed by atoms with E-state index in [1.165, 1.54) is 17.9 Å². The first-order valence-electron chi connectivity index (χ1n) is 9.47. The van der Waals surface area contributed by atoms with Gasteiger partial charge in [0.15, 0.2) is 11.5 Å². The van der Waals surface area contributed by atoms with Crippen LogP contribution >= 0.6 is 0 Å². The number of aromatic amines is 2. The van der Waals surface area contributed by atoms with Gasteiger partial charge in [-0.05, 0) is 24.3 Å². The molecule has 5 rings (SSSR count). The number of urea groups is 1. The Hall–Kier alpha value is -4.72. The molecule has 11 heteroatoms. The van der Waals surface area contributed by atoms with Gasteiger partial charge in [-0.1, -0.05) is 11.8 Å². The van der Waals surface area contributed by atoms with Crippen LogP contribution in [0.1, 0.15) is 5.56 Å². The first kappa shape index (κ1) is 19.3. The molecule has 4 heterocycles. The largest absolute Gasteiger partial charge is 0.497 e. The van der Waals surface area contributed by atoms with Crippen LogP contribution < -0.4 is 21.1 Å². The van der Waals surface area contributed by atoms with E-state index in [0.717, 1.165) is 5.39 Å². The number of imide groups is 1. The number of aromatic hydroxyl groups is 1. The summed E-state index contributed by atoms with van der Waals surface area (Å²) in [6.45, 7) is -0.142. The summed E-state index contributed by atoms with van der Waals surface area (Å²) >= 11 is 0. The van der Waals surface area contributed by atoms with Gasteiger partial charge in [-0.2, -0.15) is 0 Å². The molecule has 32 heavy (non-hydrogen) atoms. The Morgan fingerprint density at radius 1 is 1.22 bits per heavy atom. The van der Waals surface area contributed by atoms with Crippen LogP contribution in [-0.2, 0) is 11.3 Å². The van der Waals surface area contributed by atoms with Crippen molar-refractivity contribution in [1.29, 1.82) is 0 Å². The number of rotatable bonds is 3. The van der Waals surface area contributed by atoms with E-state index in [1.54, 1.807) is 30.5 Å². The molecule has 3 aromatic heterocycles. The monoisotopic (exact) mass is 432 g/mol. The summed E-state index contributed by atoms with van der Waals surface area (Å²) in [6.07, 6.45) is 3.10. The molecule has 1 aliphatic rings. The second kappa shape index (κ2) is 6.92. The molecule has 0 radical (unpaired) electrons. The highest BCUT2D eigenvalue weighted by molar-refractivity contribution is 6.09. The molecule has 0 aliphatic carbocycles. The lowest BCUT2D eigenvalue weighted by atomic mass is 10.00. The molecule has 1 saturated heterocycles. The normalized spacial score (nSPS) is 17.8. The lowest BCUT2D eigenvalue weighted by Crippen LogP contribution is -2.49. The number of hydrogen-bond acceptors (Lipinski definition) is 6. The maximum absolute atomic E-state index is 12.7. The number of benzene rings is 1. The van der Waals surface area contributed by atoms with Gasteiger partial charge in [0.2, 0.25) is 5.54 Å². The summed E-state index contributed by atoms with van der Waals surface area (Å²) in [5.74, 6) is 5.47. The fourth-order valence-electron chi connectivity index (χ4n) is 3.63. The maximum atomic E-state index is 12.7. The molecule has 11 nitrogen and oxygen atoms in total. The molecule has 1 aliphatic heterocycles. The van der Waals surface area contributed by atoms with Gasteiger partial charge in [-0.3, -0.25) is 15.1 Å². The van der Waals surface area contributed by atoms with E-state index in [1.807, 2.05) is 0 Å². The third-order valence-corrected chi connectivity index (χ3v) is 5.21. The van der Waals surface area contributed by atoms with Gasteiger partial charge in [0.25, 0.3) is 5.91 Å². The SMILES string of the molecule is COc1ccc2cn(C[C@@]3(C#Cc4cnc5[nH]c(=O)[nH]c5c4)NC(=O)NC3=O)c(O)c2c1. The number of ether oxygens (including phenoxy) is 1. The number of pyridine rings is 1. The molecule has 4 aromatic rings. The Bertz CT molecular complexity index is 1540. The van der Waals surface area contributed by atoms with Crippen LogP contribution in [0.25, 0.3) is 21.9 Å². The van der Waals surface area contributed by atoms with Gasteiger partial charge in [-0.25, -0.2) is 14.6 Å². The highest BCUT2D eigenvalue weighted by Gasteiger charge is 2.46. The molecule has 5 N–H and O–H groups in total. The molecule has 3 amide bonds. The first-order valence-corrected chi connectivity index (χ1v) is 9.47. The molecular weight excluding hydrogens is 416 g/mol. The van der Waals surface area contributed by atoms with Crippen molar-refractivity contribution in [1.82, 2.24) is 30.2 Å². The summed E-state index contributed by atoms with van der Waals surface area (Å²) in [4.78, 5) is 45.3. The van der Waals surface area contributed by atoms with Crippen LogP contribution in [0.3, 0.4) is 0 Å². The standard InChI is InChI=1S/C21H16N6O5/c1-32-13-3-2-12-9-27(17(28)14(12)7-13)10-21(18(29)25-20(31)26-21)5-4-11-6-15-16(22-8-11)24-19(30)23-15/h2-3,6-9,28H,10H2,1H3,(H2,22,23,24,30)(H2,25,26,29,31)/t21-/m1/s1. The molecular formula is C21H16N6O5. The zero-order valence-corrected chi connectivity index (χ0v) is 16.6. The average molecular weight is 432 g/mol. The fourth-order valence-corrected chi connectivity index (χ4v) is 3.63. The molecule has 0 saturated carbocycles. The van der Waals surface area contributed by atoms with Crippen molar-refractivity contribution in [2.45, 2.75) is 12.1 Å².